The normalized spacial score (nSPS) is 27.3. The molecule has 1 aromatic heterocycles. The summed E-state index contributed by atoms with van der Waals surface area (Å²) >= 11 is 0. The Balaban J connectivity index is 1.74. The molecule has 6 nitrogen and oxygen atoms in total. The van der Waals surface area contributed by atoms with Crippen molar-refractivity contribution < 1.29 is 13.9 Å². The summed E-state index contributed by atoms with van der Waals surface area (Å²) in [7, 11) is 0. The van der Waals surface area contributed by atoms with Crippen molar-refractivity contribution in [3.8, 4) is 0 Å². The monoisotopic (exact) mass is 225 g/mol. The molecule has 88 valence electrons. The molecular formula is C10H15N3O3. The zero-order valence-electron chi connectivity index (χ0n) is 9.02. The van der Waals surface area contributed by atoms with Gasteiger partial charge in [0.05, 0.1) is 18.8 Å². The Labute approximate surface area is 93.1 Å². The lowest BCUT2D eigenvalue weighted by Crippen LogP contribution is -2.47. The first kappa shape index (κ1) is 10.2. The van der Waals surface area contributed by atoms with Crippen LogP contribution in [0.1, 0.15) is 31.6 Å². The molecule has 0 aromatic carbocycles. The van der Waals surface area contributed by atoms with Gasteiger partial charge in [-0.3, -0.25) is 0 Å². The molecule has 0 unspecified atom stereocenters. The molecule has 0 bridgehead atoms. The summed E-state index contributed by atoms with van der Waals surface area (Å²) < 4.78 is 16.5. The van der Waals surface area contributed by atoms with Gasteiger partial charge in [-0.2, -0.15) is 0 Å². The number of hydrogen-bond acceptors (Lipinski definition) is 6. The van der Waals surface area contributed by atoms with Gasteiger partial charge in [0.1, 0.15) is 0 Å². The van der Waals surface area contributed by atoms with Crippen LogP contribution in [0.4, 0.5) is 0 Å². The molecule has 1 saturated heterocycles. The Hall–Kier alpha value is -0.980. The highest BCUT2D eigenvalue weighted by Crippen LogP contribution is 2.42. The van der Waals surface area contributed by atoms with Gasteiger partial charge >= 0.3 is 0 Å². The molecule has 0 atom stereocenters. The highest BCUT2D eigenvalue weighted by molar-refractivity contribution is 5.03. The van der Waals surface area contributed by atoms with Crippen LogP contribution in [-0.2, 0) is 15.0 Å². The second kappa shape index (κ2) is 3.51. The van der Waals surface area contributed by atoms with E-state index in [-0.39, 0.29) is 0 Å². The minimum atomic E-state index is -0.517. The molecule has 1 saturated carbocycles. The number of nitrogens with zero attached hydrogens (tertiary/aromatic N) is 2. The number of rotatable bonds is 1. The van der Waals surface area contributed by atoms with Gasteiger partial charge in [0.25, 0.3) is 0 Å². The lowest BCUT2D eigenvalue weighted by atomic mass is 9.79. The van der Waals surface area contributed by atoms with E-state index in [1.165, 1.54) is 6.39 Å². The highest BCUT2D eigenvalue weighted by Gasteiger charge is 2.47. The summed E-state index contributed by atoms with van der Waals surface area (Å²) in [5.41, 5.74) is 5.75. The van der Waals surface area contributed by atoms with Crippen LogP contribution in [0, 0.1) is 0 Å². The Morgan fingerprint density at radius 3 is 2.38 bits per heavy atom. The third kappa shape index (κ3) is 1.53. The number of ether oxygens (including phenoxy) is 2. The van der Waals surface area contributed by atoms with Crippen LogP contribution < -0.4 is 5.73 Å². The van der Waals surface area contributed by atoms with Gasteiger partial charge in [0.15, 0.2) is 5.79 Å². The standard InChI is InChI=1S/C10H15N3O3/c11-9(8-13-12-7-14-8)1-3-10(4-2-9)15-5-6-16-10/h7H,1-6,11H2. The summed E-state index contributed by atoms with van der Waals surface area (Å²) in [5.74, 6) is 0.114. The Morgan fingerprint density at radius 1 is 1.12 bits per heavy atom. The average molecular weight is 225 g/mol. The van der Waals surface area contributed by atoms with Gasteiger partial charge in [0.2, 0.25) is 12.3 Å². The third-order valence-electron chi connectivity index (χ3n) is 3.50. The quantitative estimate of drug-likeness (QED) is 0.751. The Morgan fingerprint density at radius 2 is 1.81 bits per heavy atom. The van der Waals surface area contributed by atoms with Crippen LogP contribution in [0.25, 0.3) is 0 Å². The van der Waals surface area contributed by atoms with E-state index in [0.717, 1.165) is 25.7 Å². The van der Waals surface area contributed by atoms with Crippen molar-refractivity contribution in [2.45, 2.75) is 37.0 Å². The van der Waals surface area contributed by atoms with E-state index in [1.807, 2.05) is 0 Å². The van der Waals surface area contributed by atoms with Crippen LogP contribution in [0.2, 0.25) is 0 Å². The van der Waals surface area contributed by atoms with E-state index in [1.54, 1.807) is 0 Å². The molecule has 6 heteroatoms. The van der Waals surface area contributed by atoms with E-state index in [9.17, 15) is 0 Å². The predicted molar refractivity (Wildman–Crippen MR) is 53.3 cm³/mol. The molecule has 2 fully saturated rings. The third-order valence-corrected chi connectivity index (χ3v) is 3.50. The number of hydrogen-bond donors (Lipinski definition) is 1. The number of nitrogens with two attached hydrogens (primary N) is 1. The first-order valence-electron chi connectivity index (χ1n) is 5.56. The second-order valence-corrected chi connectivity index (χ2v) is 4.51. The van der Waals surface area contributed by atoms with Crippen molar-refractivity contribution in [2.24, 2.45) is 5.73 Å². The lowest BCUT2D eigenvalue weighted by molar-refractivity contribution is -0.186. The molecule has 2 N–H and O–H groups in total. The maximum Gasteiger partial charge on any atom is 0.235 e. The van der Waals surface area contributed by atoms with Crippen molar-refractivity contribution in [3.05, 3.63) is 12.3 Å². The van der Waals surface area contributed by atoms with Crippen LogP contribution in [0.5, 0.6) is 0 Å². The Kier molecular flexibility index (Phi) is 2.24. The summed E-state index contributed by atoms with van der Waals surface area (Å²) in [5, 5.41) is 7.58. The minimum Gasteiger partial charge on any atom is -0.426 e. The van der Waals surface area contributed by atoms with Gasteiger partial charge in [-0.05, 0) is 12.8 Å². The fraction of sp³-hybridized carbons (Fsp3) is 0.800. The molecule has 1 aliphatic carbocycles. The maximum atomic E-state index is 6.27. The summed E-state index contributed by atoms with van der Waals surface area (Å²) in [4.78, 5) is 0. The summed E-state index contributed by atoms with van der Waals surface area (Å²) in [6.45, 7) is 1.36. The highest BCUT2D eigenvalue weighted by atomic mass is 16.7. The van der Waals surface area contributed by atoms with Gasteiger partial charge in [-0.15, -0.1) is 10.2 Å². The van der Waals surface area contributed by atoms with Crippen LogP contribution in [-0.4, -0.2) is 29.2 Å². The molecule has 3 rings (SSSR count). The molecule has 1 spiro atoms. The SMILES string of the molecule is NC1(c2nnco2)CCC2(CC1)OCCO2. The first-order chi connectivity index (χ1) is 7.73. The fourth-order valence-corrected chi connectivity index (χ4v) is 2.47. The number of aromatic nitrogens is 2. The fourth-order valence-electron chi connectivity index (χ4n) is 2.47. The van der Waals surface area contributed by atoms with E-state index in [0.29, 0.717) is 19.1 Å². The molecule has 0 amide bonds. The first-order valence-corrected chi connectivity index (χ1v) is 5.56. The van der Waals surface area contributed by atoms with Crippen molar-refractivity contribution in [3.63, 3.8) is 0 Å². The smallest absolute Gasteiger partial charge is 0.235 e. The van der Waals surface area contributed by atoms with Crippen molar-refractivity contribution >= 4 is 0 Å². The topological polar surface area (TPSA) is 83.4 Å². The van der Waals surface area contributed by atoms with E-state index in [4.69, 9.17) is 19.6 Å². The summed E-state index contributed by atoms with van der Waals surface area (Å²) in [6.07, 6.45) is 4.37. The molecule has 1 aliphatic heterocycles. The van der Waals surface area contributed by atoms with E-state index >= 15 is 0 Å². The molecule has 2 aliphatic rings. The van der Waals surface area contributed by atoms with Gasteiger partial charge in [0, 0.05) is 12.8 Å². The summed E-state index contributed by atoms with van der Waals surface area (Å²) in [6, 6.07) is 0. The second-order valence-electron chi connectivity index (χ2n) is 4.51. The van der Waals surface area contributed by atoms with Crippen molar-refractivity contribution in [1.82, 2.24) is 10.2 Å². The van der Waals surface area contributed by atoms with E-state index < -0.39 is 11.3 Å². The van der Waals surface area contributed by atoms with E-state index in [2.05, 4.69) is 10.2 Å². The molecular weight excluding hydrogens is 210 g/mol. The van der Waals surface area contributed by atoms with Crippen LogP contribution in [0.3, 0.4) is 0 Å². The van der Waals surface area contributed by atoms with Gasteiger partial charge < -0.3 is 19.6 Å². The average Bonchev–Trinajstić information content (AvgIpc) is 2.96. The zero-order valence-corrected chi connectivity index (χ0v) is 9.02. The lowest BCUT2D eigenvalue weighted by Gasteiger charge is -2.39. The molecule has 2 heterocycles. The molecule has 16 heavy (non-hydrogen) atoms. The predicted octanol–water partition coefficient (Wildman–Crippen LogP) is 0.541. The van der Waals surface area contributed by atoms with Gasteiger partial charge in [-0.1, -0.05) is 0 Å². The zero-order chi connectivity index (χ0) is 11.1. The molecule has 0 radical (unpaired) electrons. The minimum absolute atomic E-state index is 0.400. The van der Waals surface area contributed by atoms with Crippen LogP contribution in [0.15, 0.2) is 10.8 Å². The largest absolute Gasteiger partial charge is 0.426 e. The maximum absolute atomic E-state index is 6.27. The van der Waals surface area contributed by atoms with Gasteiger partial charge in [-0.25, -0.2) is 0 Å². The van der Waals surface area contributed by atoms with Crippen molar-refractivity contribution in [2.75, 3.05) is 13.2 Å². The molecule has 1 aromatic rings. The Bertz CT molecular complexity index is 349. The van der Waals surface area contributed by atoms with Crippen LogP contribution >= 0.6 is 0 Å². The van der Waals surface area contributed by atoms with Crippen molar-refractivity contribution in [1.29, 1.82) is 0 Å².